The lowest BCUT2D eigenvalue weighted by molar-refractivity contribution is 0.0992. The predicted molar refractivity (Wildman–Crippen MR) is 112 cm³/mol. The van der Waals surface area contributed by atoms with Crippen LogP contribution in [0.15, 0.2) is 30.3 Å². The van der Waals surface area contributed by atoms with Gasteiger partial charge in [-0.1, -0.05) is 17.7 Å². The van der Waals surface area contributed by atoms with Gasteiger partial charge in [-0.3, -0.25) is 9.69 Å². The van der Waals surface area contributed by atoms with Crippen LogP contribution < -0.4 is 14.4 Å². The van der Waals surface area contributed by atoms with Gasteiger partial charge in [0.1, 0.15) is 17.5 Å². The maximum Gasteiger partial charge on any atom is 0.277 e. The molecule has 0 unspecified atom stereocenters. The summed E-state index contributed by atoms with van der Waals surface area (Å²) in [6.45, 7) is 6.23. The predicted octanol–water partition coefficient (Wildman–Crippen LogP) is 2.53. The molecule has 1 amide bonds. The third kappa shape index (κ3) is 4.32. The van der Waals surface area contributed by atoms with Crippen LogP contribution in [-0.4, -0.2) is 74.2 Å². The number of hydrogen-bond acceptors (Lipinski definition) is 6. The Bertz CT molecular complexity index is 899. The Kier molecular flexibility index (Phi) is 5.89. The number of likely N-dealkylation sites (N-methyl/N-ethyl adjacent to an activating group) is 1. The third-order valence-electron chi connectivity index (χ3n) is 5.44. The first-order chi connectivity index (χ1) is 14.0. The van der Waals surface area contributed by atoms with Crippen LogP contribution in [-0.2, 0) is 6.54 Å². The SMILES string of the molecule is COc1cc(N2Cc3ccc(Cl)nc3C2=O)ccc1OCCN1CCN(C)CC1. The van der Waals surface area contributed by atoms with E-state index in [1.807, 2.05) is 24.3 Å². The van der Waals surface area contributed by atoms with Crippen LogP contribution in [0.5, 0.6) is 11.5 Å². The van der Waals surface area contributed by atoms with Gasteiger partial charge in [0.2, 0.25) is 0 Å². The molecule has 1 aromatic heterocycles. The fourth-order valence-corrected chi connectivity index (χ4v) is 3.80. The van der Waals surface area contributed by atoms with Gasteiger partial charge in [-0.25, -0.2) is 4.98 Å². The molecule has 0 radical (unpaired) electrons. The van der Waals surface area contributed by atoms with E-state index in [1.54, 1.807) is 18.1 Å². The van der Waals surface area contributed by atoms with E-state index in [0.717, 1.165) is 44.0 Å². The molecule has 1 saturated heterocycles. The highest BCUT2D eigenvalue weighted by atomic mass is 35.5. The van der Waals surface area contributed by atoms with Crippen molar-refractivity contribution in [3.63, 3.8) is 0 Å². The summed E-state index contributed by atoms with van der Waals surface area (Å²) in [6.07, 6.45) is 0. The van der Waals surface area contributed by atoms with Crippen molar-refractivity contribution in [3.05, 3.63) is 46.7 Å². The average Bonchev–Trinajstić information content (AvgIpc) is 3.05. The van der Waals surface area contributed by atoms with Gasteiger partial charge in [0, 0.05) is 50.0 Å². The maximum absolute atomic E-state index is 12.7. The Hall–Kier alpha value is -2.35. The quantitative estimate of drug-likeness (QED) is 0.674. The van der Waals surface area contributed by atoms with Gasteiger partial charge in [-0.15, -0.1) is 0 Å². The van der Waals surface area contributed by atoms with Crippen molar-refractivity contribution in [2.45, 2.75) is 6.54 Å². The third-order valence-corrected chi connectivity index (χ3v) is 5.65. The largest absolute Gasteiger partial charge is 0.493 e. The maximum atomic E-state index is 12.7. The Morgan fingerprint density at radius 1 is 1.10 bits per heavy atom. The first-order valence-corrected chi connectivity index (χ1v) is 10.1. The summed E-state index contributed by atoms with van der Waals surface area (Å²) in [6, 6.07) is 9.11. The summed E-state index contributed by atoms with van der Waals surface area (Å²) in [5, 5.41) is 0.320. The molecule has 0 N–H and O–H groups in total. The number of carbonyl (C=O) groups excluding carboxylic acids is 1. The highest BCUT2D eigenvalue weighted by molar-refractivity contribution is 6.29. The number of ether oxygens (including phenoxy) is 2. The van der Waals surface area contributed by atoms with Crippen molar-refractivity contribution in [2.75, 3.05) is 58.4 Å². The van der Waals surface area contributed by atoms with E-state index >= 15 is 0 Å². The molecule has 0 bridgehead atoms. The standard InChI is InChI=1S/C21H25ClN4O3/c1-24-7-9-25(10-8-24)11-12-29-17-5-4-16(13-18(17)28-2)26-14-15-3-6-19(22)23-20(15)21(26)27/h3-6,13H,7-12,14H2,1-2H3. The van der Waals surface area contributed by atoms with Crippen molar-refractivity contribution < 1.29 is 14.3 Å². The van der Waals surface area contributed by atoms with Gasteiger partial charge in [0.15, 0.2) is 11.5 Å². The molecule has 2 aliphatic rings. The van der Waals surface area contributed by atoms with E-state index in [0.29, 0.717) is 35.5 Å². The number of benzene rings is 1. The Labute approximate surface area is 175 Å². The minimum Gasteiger partial charge on any atom is -0.493 e. The normalized spacial score (nSPS) is 17.5. The molecule has 1 fully saturated rings. The highest BCUT2D eigenvalue weighted by Crippen LogP contribution is 2.35. The van der Waals surface area contributed by atoms with Crippen LogP contribution in [0.1, 0.15) is 16.1 Å². The molecule has 2 aliphatic heterocycles. The fraction of sp³-hybridized carbons (Fsp3) is 0.429. The molecule has 0 aliphatic carbocycles. The molecular weight excluding hydrogens is 392 g/mol. The second-order valence-electron chi connectivity index (χ2n) is 7.36. The molecular formula is C21H25ClN4O3. The summed E-state index contributed by atoms with van der Waals surface area (Å²) in [5.41, 5.74) is 2.02. The number of pyridine rings is 1. The van der Waals surface area contributed by atoms with E-state index in [1.165, 1.54) is 0 Å². The molecule has 7 nitrogen and oxygen atoms in total. The van der Waals surface area contributed by atoms with E-state index in [4.69, 9.17) is 21.1 Å². The lowest BCUT2D eigenvalue weighted by Gasteiger charge is -2.32. The molecule has 0 saturated carbocycles. The van der Waals surface area contributed by atoms with E-state index in [2.05, 4.69) is 21.8 Å². The van der Waals surface area contributed by atoms with Gasteiger partial charge in [0.05, 0.1) is 13.7 Å². The lowest BCUT2D eigenvalue weighted by Crippen LogP contribution is -2.45. The highest BCUT2D eigenvalue weighted by Gasteiger charge is 2.30. The van der Waals surface area contributed by atoms with E-state index < -0.39 is 0 Å². The first-order valence-electron chi connectivity index (χ1n) is 9.74. The number of halogens is 1. The number of nitrogens with zero attached hydrogens (tertiary/aromatic N) is 4. The monoisotopic (exact) mass is 416 g/mol. The molecule has 2 aromatic rings. The van der Waals surface area contributed by atoms with Crippen LogP contribution in [0.25, 0.3) is 0 Å². The molecule has 3 heterocycles. The molecule has 154 valence electrons. The second kappa shape index (κ2) is 8.57. The topological polar surface area (TPSA) is 58.1 Å². The number of methoxy groups -OCH3 is 1. The Balaban J connectivity index is 1.41. The molecule has 8 heteroatoms. The van der Waals surface area contributed by atoms with Crippen LogP contribution in [0, 0.1) is 0 Å². The van der Waals surface area contributed by atoms with Gasteiger partial charge in [-0.2, -0.15) is 0 Å². The minimum atomic E-state index is -0.159. The zero-order chi connectivity index (χ0) is 20.4. The number of amides is 1. The van der Waals surface area contributed by atoms with Gasteiger partial charge >= 0.3 is 0 Å². The van der Waals surface area contributed by atoms with Crippen molar-refractivity contribution in [1.29, 1.82) is 0 Å². The summed E-state index contributed by atoms with van der Waals surface area (Å²) in [7, 11) is 3.75. The second-order valence-corrected chi connectivity index (χ2v) is 7.75. The van der Waals surface area contributed by atoms with Gasteiger partial charge in [0.25, 0.3) is 5.91 Å². The molecule has 4 rings (SSSR count). The first kappa shape index (κ1) is 19.9. The number of rotatable bonds is 6. The number of hydrogen-bond donors (Lipinski definition) is 0. The van der Waals surface area contributed by atoms with Crippen molar-refractivity contribution in [3.8, 4) is 11.5 Å². The van der Waals surface area contributed by atoms with E-state index in [9.17, 15) is 4.79 Å². The molecule has 0 spiro atoms. The van der Waals surface area contributed by atoms with Crippen molar-refractivity contribution in [2.24, 2.45) is 0 Å². The number of aromatic nitrogens is 1. The molecule has 0 atom stereocenters. The summed E-state index contributed by atoms with van der Waals surface area (Å²) < 4.78 is 11.5. The summed E-state index contributed by atoms with van der Waals surface area (Å²) >= 11 is 5.94. The van der Waals surface area contributed by atoms with Crippen molar-refractivity contribution >= 4 is 23.2 Å². The van der Waals surface area contributed by atoms with Gasteiger partial charge < -0.3 is 19.3 Å². The number of carbonyl (C=O) groups is 1. The average molecular weight is 417 g/mol. The van der Waals surface area contributed by atoms with Crippen LogP contribution in [0.4, 0.5) is 5.69 Å². The van der Waals surface area contributed by atoms with Crippen LogP contribution in [0.2, 0.25) is 5.15 Å². The minimum absolute atomic E-state index is 0.159. The van der Waals surface area contributed by atoms with Crippen molar-refractivity contribution in [1.82, 2.24) is 14.8 Å². The smallest absolute Gasteiger partial charge is 0.277 e. The van der Waals surface area contributed by atoms with E-state index in [-0.39, 0.29) is 5.91 Å². The summed E-state index contributed by atoms with van der Waals surface area (Å²) in [4.78, 5) is 23.3. The fourth-order valence-electron chi connectivity index (χ4n) is 3.66. The zero-order valence-corrected chi connectivity index (χ0v) is 17.5. The zero-order valence-electron chi connectivity index (χ0n) is 16.7. The Morgan fingerprint density at radius 2 is 1.90 bits per heavy atom. The molecule has 1 aromatic carbocycles. The number of fused-ring (bicyclic) bond motifs is 1. The Morgan fingerprint density at radius 3 is 2.66 bits per heavy atom. The summed E-state index contributed by atoms with van der Waals surface area (Å²) in [5.74, 6) is 1.12. The number of piperazine rings is 1. The lowest BCUT2D eigenvalue weighted by atomic mass is 10.2. The van der Waals surface area contributed by atoms with Gasteiger partial charge in [-0.05, 0) is 25.2 Å². The van der Waals surface area contributed by atoms with Crippen LogP contribution >= 0.6 is 11.6 Å². The number of anilines is 1. The molecule has 29 heavy (non-hydrogen) atoms. The van der Waals surface area contributed by atoms with Crippen LogP contribution in [0.3, 0.4) is 0 Å².